The average Bonchev–Trinajstić information content (AvgIpc) is 2.43. The van der Waals surface area contributed by atoms with E-state index in [1.54, 1.807) is 14.0 Å². The molecule has 4 N–H and O–H groups in total. The zero-order chi connectivity index (χ0) is 17.3. The number of likely N-dealkylation sites (N-methyl/N-ethyl adjacent to an activating group) is 1. The summed E-state index contributed by atoms with van der Waals surface area (Å²) in [6.07, 6.45) is 0.765. The lowest BCUT2D eigenvalue weighted by atomic mass is 10.0. The molecule has 7 heteroatoms. The minimum absolute atomic E-state index is 0.272. The van der Waals surface area contributed by atoms with E-state index in [4.69, 9.17) is 0 Å². The van der Waals surface area contributed by atoms with Crippen LogP contribution < -0.4 is 16.0 Å². The molecule has 0 fully saturated rings. The molecule has 0 aliphatic carbocycles. The lowest BCUT2D eigenvalue weighted by Gasteiger charge is -2.24. The Balaban J connectivity index is 4.71. The molecular weight excluding hydrogens is 286 g/mol. The van der Waals surface area contributed by atoms with Gasteiger partial charge >= 0.3 is 0 Å². The van der Waals surface area contributed by atoms with Gasteiger partial charge in [-0.2, -0.15) is 0 Å². The molecule has 7 nitrogen and oxygen atoms in total. The Kier molecular flexibility index (Phi) is 9.60. The van der Waals surface area contributed by atoms with Gasteiger partial charge in [0.25, 0.3) is 0 Å². The molecule has 4 unspecified atom stereocenters. The molecule has 4 atom stereocenters. The van der Waals surface area contributed by atoms with Gasteiger partial charge in [-0.05, 0) is 32.7 Å². The Labute approximate surface area is 132 Å². The second-order valence-corrected chi connectivity index (χ2v) is 5.86. The molecule has 0 heterocycles. The largest absolute Gasteiger partial charge is 0.391 e. The van der Waals surface area contributed by atoms with Crippen molar-refractivity contribution in [2.24, 2.45) is 5.92 Å². The number of aldehydes is 1. The molecular formula is C15H29N3O4. The fourth-order valence-electron chi connectivity index (χ4n) is 2.15. The number of aliphatic hydroxyl groups excluding tert-OH is 1. The highest BCUT2D eigenvalue weighted by Gasteiger charge is 2.27. The fraction of sp³-hybridized carbons (Fsp3) is 0.800. The Bertz CT molecular complexity index is 372. The van der Waals surface area contributed by atoms with Crippen LogP contribution in [-0.2, 0) is 14.4 Å². The maximum absolute atomic E-state index is 12.2. The van der Waals surface area contributed by atoms with Crippen molar-refractivity contribution in [2.45, 2.75) is 64.8 Å². The first kappa shape index (κ1) is 20.5. The van der Waals surface area contributed by atoms with Crippen LogP contribution in [0.3, 0.4) is 0 Å². The lowest BCUT2D eigenvalue weighted by molar-refractivity contribution is -0.132. The minimum atomic E-state index is -0.880. The predicted octanol–water partition coefficient (Wildman–Crippen LogP) is -0.420. The van der Waals surface area contributed by atoms with Crippen molar-refractivity contribution in [1.82, 2.24) is 16.0 Å². The van der Waals surface area contributed by atoms with Gasteiger partial charge in [0.1, 0.15) is 18.4 Å². The highest BCUT2D eigenvalue weighted by Crippen LogP contribution is 2.04. The average molecular weight is 315 g/mol. The Hall–Kier alpha value is -1.47. The molecule has 0 spiro atoms. The van der Waals surface area contributed by atoms with Crippen molar-refractivity contribution in [3.8, 4) is 0 Å². The molecule has 0 aromatic carbocycles. The van der Waals surface area contributed by atoms with Crippen LogP contribution in [-0.4, -0.2) is 54.5 Å². The summed E-state index contributed by atoms with van der Waals surface area (Å²) >= 11 is 0. The van der Waals surface area contributed by atoms with Crippen molar-refractivity contribution in [3.63, 3.8) is 0 Å². The van der Waals surface area contributed by atoms with Gasteiger partial charge in [-0.15, -0.1) is 0 Å². The van der Waals surface area contributed by atoms with Crippen molar-refractivity contribution in [2.75, 3.05) is 7.05 Å². The van der Waals surface area contributed by atoms with E-state index in [1.165, 1.54) is 6.92 Å². The van der Waals surface area contributed by atoms with Gasteiger partial charge in [-0.1, -0.05) is 20.8 Å². The molecule has 0 aliphatic rings. The van der Waals surface area contributed by atoms with Crippen LogP contribution in [0.4, 0.5) is 0 Å². The summed E-state index contributed by atoms with van der Waals surface area (Å²) in [6.45, 7) is 7.18. The number of aliphatic hydroxyl groups is 1. The van der Waals surface area contributed by atoms with Gasteiger partial charge < -0.3 is 25.9 Å². The van der Waals surface area contributed by atoms with Gasteiger partial charge in [-0.25, -0.2) is 0 Å². The molecule has 0 bridgehead atoms. The second-order valence-electron chi connectivity index (χ2n) is 5.86. The Morgan fingerprint density at radius 3 is 2.09 bits per heavy atom. The monoisotopic (exact) mass is 315 g/mol. The summed E-state index contributed by atoms with van der Waals surface area (Å²) in [5.74, 6) is -0.575. The number of nitrogens with one attached hydrogen (secondary N) is 3. The number of carbonyl (C=O) groups is 3. The zero-order valence-corrected chi connectivity index (χ0v) is 14.1. The van der Waals surface area contributed by atoms with Crippen LogP contribution in [0.25, 0.3) is 0 Å². The molecule has 2 amide bonds. The maximum atomic E-state index is 12.2. The van der Waals surface area contributed by atoms with E-state index >= 15 is 0 Å². The topological polar surface area (TPSA) is 108 Å². The third-order valence-corrected chi connectivity index (χ3v) is 3.33. The summed E-state index contributed by atoms with van der Waals surface area (Å²) in [6, 6.07) is -2.09. The van der Waals surface area contributed by atoms with Gasteiger partial charge in [0, 0.05) is 0 Å². The van der Waals surface area contributed by atoms with Gasteiger partial charge in [-0.3, -0.25) is 9.59 Å². The first-order valence-electron chi connectivity index (χ1n) is 7.68. The number of rotatable bonds is 10. The number of carbonyl (C=O) groups excluding carboxylic acids is 3. The van der Waals surface area contributed by atoms with Crippen LogP contribution in [0.15, 0.2) is 0 Å². The van der Waals surface area contributed by atoms with E-state index in [0.717, 1.165) is 0 Å². The first-order chi connectivity index (χ1) is 10.3. The number of hydrogen-bond acceptors (Lipinski definition) is 5. The highest BCUT2D eigenvalue weighted by molar-refractivity contribution is 5.91. The van der Waals surface area contributed by atoms with Crippen LogP contribution in [0.5, 0.6) is 0 Å². The van der Waals surface area contributed by atoms with E-state index in [9.17, 15) is 19.5 Å². The van der Waals surface area contributed by atoms with Crippen LogP contribution in [0, 0.1) is 5.92 Å². The first-order valence-corrected chi connectivity index (χ1v) is 7.68. The van der Waals surface area contributed by atoms with E-state index in [1.807, 2.05) is 13.8 Å². The van der Waals surface area contributed by atoms with Gasteiger partial charge in [0.2, 0.25) is 11.8 Å². The maximum Gasteiger partial charge on any atom is 0.243 e. The van der Waals surface area contributed by atoms with Crippen LogP contribution in [0.1, 0.15) is 40.5 Å². The van der Waals surface area contributed by atoms with E-state index in [-0.39, 0.29) is 5.92 Å². The van der Waals surface area contributed by atoms with E-state index < -0.39 is 36.0 Å². The fourth-order valence-corrected chi connectivity index (χ4v) is 2.15. The van der Waals surface area contributed by atoms with Crippen LogP contribution >= 0.6 is 0 Å². The standard InChI is InChI=1S/C15H29N3O4/c1-6-12(18-15(22)13(16-5)10(4)20)14(21)17-11(8-19)7-9(2)3/h8-13,16,20H,6-7H2,1-5H3,(H,17,21)(H,18,22). The SMILES string of the molecule is CCC(NC(=O)C(NC)C(C)O)C(=O)NC(C=O)CC(C)C. The summed E-state index contributed by atoms with van der Waals surface area (Å²) < 4.78 is 0. The highest BCUT2D eigenvalue weighted by atomic mass is 16.3. The summed E-state index contributed by atoms with van der Waals surface area (Å²) in [4.78, 5) is 35.2. The van der Waals surface area contributed by atoms with Crippen LogP contribution in [0.2, 0.25) is 0 Å². The molecule has 128 valence electrons. The Morgan fingerprint density at radius 1 is 1.14 bits per heavy atom. The third-order valence-electron chi connectivity index (χ3n) is 3.33. The molecule has 0 saturated carbocycles. The number of amides is 2. The summed E-state index contributed by atoms with van der Waals surface area (Å²) in [5, 5.41) is 17.4. The smallest absolute Gasteiger partial charge is 0.243 e. The molecule has 0 radical (unpaired) electrons. The van der Waals surface area contributed by atoms with E-state index in [0.29, 0.717) is 19.1 Å². The van der Waals surface area contributed by atoms with Gasteiger partial charge in [0.15, 0.2) is 0 Å². The number of hydrogen-bond donors (Lipinski definition) is 4. The third kappa shape index (κ3) is 7.00. The predicted molar refractivity (Wildman–Crippen MR) is 84.2 cm³/mol. The molecule has 0 rings (SSSR count). The second kappa shape index (κ2) is 10.3. The van der Waals surface area contributed by atoms with Crippen molar-refractivity contribution < 1.29 is 19.5 Å². The zero-order valence-electron chi connectivity index (χ0n) is 14.1. The van der Waals surface area contributed by atoms with Gasteiger partial charge in [0.05, 0.1) is 12.1 Å². The molecule has 0 aromatic rings. The molecule has 0 aromatic heterocycles. The van der Waals surface area contributed by atoms with Crippen molar-refractivity contribution in [1.29, 1.82) is 0 Å². The minimum Gasteiger partial charge on any atom is -0.391 e. The lowest BCUT2D eigenvalue weighted by Crippen LogP contribution is -2.56. The normalized spacial score (nSPS) is 16.5. The molecule has 0 aliphatic heterocycles. The van der Waals surface area contributed by atoms with E-state index in [2.05, 4.69) is 16.0 Å². The molecule has 22 heavy (non-hydrogen) atoms. The quantitative estimate of drug-likeness (QED) is 0.410. The molecule has 0 saturated heterocycles. The summed E-state index contributed by atoms with van der Waals surface area (Å²) in [7, 11) is 1.56. The summed E-state index contributed by atoms with van der Waals surface area (Å²) in [5.41, 5.74) is 0. The van der Waals surface area contributed by atoms with Crippen molar-refractivity contribution >= 4 is 18.1 Å². The Morgan fingerprint density at radius 2 is 1.73 bits per heavy atom. The van der Waals surface area contributed by atoms with Crippen molar-refractivity contribution in [3.05, 3.63) is 0 Å².